The first-order valence-electron chi connectivity index (χ1n) is 5.19. The van der Waals surface area contributed by atoms with Gasteiger partial charge in [0.1, 0.15) is 6.26 Å². The topological polar surface area (TPSA) is 33.5 Å². The summed E-state index contributed by atoms with van der Waals surface area (Å²) in [6.07, 6.45) is 2.92. The van der Waals surface area contributed by atoms with Crippen molar-refractivity contribution in [2.45, 2.75) is 6.54 Å². The molecular weight excluding hydrogens is 238 g/mol. The average molecular weight is 250 g/mol. The van der Waals surface area contributed by atoms with Crippen LogP contribution < -0.4 is 0 Å². The lowest BCUT2D eigenvalue weighted by Gasteiger charge is -2.17. The first kappa shape index (κ1) is 11.7. The first-order valence-corrected chi connectivity index (χ1v) is 5.57. The molecule has 0 saturated carbocycles. The SMILES string of the molecule is CN(Cc1ccccc1Cl)C(=O)c1ccoc1. The fraction of sp³-hybridized carbons (Fsp3) is 0.154. The molecule has 1 aromatic heterocycles. The van der Waals surface area contributed by atoms with Crippen molar-refractivity contribution in [3.8, 4) is 0 Å². The summed E-state index contributed by atoms with van der Waals surface area (Å²) in [6, 6.07) is 9.13. The summed E-state index contributed by atoms with van der Waals surface area (Å²) in [6.45, 7) is 0.476. The molecular formula is C13H12ClNO2. The molecule has 0 spiro atoms. The van der Waals surface area contributed by atoms with Gasteiger partial charge in [-0.15, -0.1) is 0 Å². The number of benzene rings is 1. The second-order valence-electron chi connectivity index (χ2n) is 3.76. The molecule has 1 amide bonds. The van der Waals surface area contributed by atoms with Crippen LogP contribution in [0.3, 0.4) is 0 Å². The third kappa shape index (κ3) is 2.68. The van der Waals surface area contributed by atoms with Crippen LogP contribution in [0.25, 0.3) is 0 Å². The molecule has 0 radical (unpaired) electrons. The Balaban J connectivity index is 2.10. The molecule has 2 aromatic rings. The highest BCUT2D eigenvalue weighted by atomic mass is 35.5. The van der Waals surface area contributed by atoms with E-state index in [1.165, 1.54) is 12.5 Å². The van der Waals surface area contributed by atoms with Gasteiger partial charge in [-0.25, -0.2) is 0 Å². The van der Waals surface area contributed by atoms with Gasteiger partial charge in [-0.2, -0.15) is 0 Å². The summed E-state index contributed by atoms with van der Waals surface area (Å²) >= 11 is 6.04. The minimum atomic E-state index is -0.0846. The smallest absolute Gasteiger partial charge is 0.257 e. The number of nitrogens with zero attached hydrogens (tertiary/aromatic N) is 1. The van der Waals surface area contributed by atoms with Crippen LogP contribution in [-0.4, -0.2) is 17.9 Å². The van der Waals surface area contributed by atoms with Gasteiger partial charge in [-0.1, -0.05) is 29.8 Å². The third-order valence-corrected chi connectivity index (χ3v) is 2.85. The Bertz CT molecular complexity index is 508. The van der Waals surface area contributed by atoms with E-state index in [0.717, 1.165) is 5.56 Å². The number of amides is 1. The Kier molecular flexibility index (Phi) is 3.49. The van der Waals surface area contributed by atoms with E-state index < -0.39 is 0 Å². The van der Waals surface area contributed by atoms with E-state index in [-0.39, 0.29) is 5.91 Å². The molecule has 17 heavy (non-hydrogen) atoms. The largest absolute Gasteiger partial charge is 0.472 e. The van der Waals surface area contributed by atoms with Gasteiger partial charge >= 0.3 is 0 Å². The Morgan fingerprint density at radius 3 is 2.76 bits per heavy atom. The zero-order chi connectivity index (χ0) is 12.3. The zero-order valence-corrected chi connectivity index (χ0v) is 10.1. The van der Waals surface area contributed by atoms with Crippen molar-refractivity contribution in [2.24, 2.45) is 0 Å². The Labute approximate surface area is 105 Å². The molecule has 0 unspecified atom stereocenters. The van der Waals surface area contributed by atoms with Gasteiger partial charge in [0.2, 0.25) is 0 Å². The molecule has 1 aromatic carbocycles. The Hall–Kier alpha value is -1.74. The average Bonchev–Trinajstić information content (AvgIpc) is 2.84. The van der Waals surface area contributed by atoms with Crippen LogP contribution in [0.4, 0.5) is 0 Å². The second kappa shape index (κ2) is 5.06. The fourth-order valence-corrected chi connectivity index (χ4v) is 1.76. The highest BCUT2D eigenvalue weighted by molar-refractivity contribution is 6.31. The highest BCUT2D eigenvalue weighted by Gasteiger charge is 2.13. The van der Waals surface area contributed by atoms with Crippen molar-refractivity contribution in [3.63, 3.8) is 0 Å². The molecule has 4 heteroatoms. The van der Waals surface area contributed by atoms with Gasteiger partial charge in [-0.05, 0) is 17.7 Å². The van der Waals surface area contributed by atoms with Crippen molar-refractivity contribution in [3.05, 3.63) is 59.0 Å². The molecule has 1 heterocycles. The van der Waals surface area contributed by atoms with Crippen LogP contribution in [0, 0.1) is 0 Å². The summed E-state index contributed by atoms with van der Waals surface area (Å²) in [5.41, 5.74) is 1.47. The van der Waals surface area contributed by atoms with Crippen molar-refractivity contribution >= 4 is 17.5 Å². The second-order valence-corrected chi connectivity index (χ2v) is 4.17. The van der Waals surface area contributed by atoms with Crippen LogP contribution in [0.5, 0.6) is 0 Å². The number of rotatable bonds is 3. The van der Waals surface area contributed by atoms with Gasteiger partial charge in [0.25, 0.3) is 5.91 Å². The van der Waals surface area contributed by atoms with Crippen molar-refractivity contribution in [1.29, 1.82) is 0 Å². The molecule has 0 saturated heterocycles. The molecule has 3 nitrogen and oxygen atoms in total. The van der Waals surface area contributed by atoms with Gasteiger partial charge < -0.3 is 9.32 Å². The van der Waals surface area contributed by atoms with E-state index >= 15 is 0 Å². The first-order chi connectivity index (χ1) is 8.18. The van der Waals surface area contributed by atoms with Crippen molar-refractivity contribution in [1.82, 2.24) is 4.90 Å². The fourth-order valence-electron chi connectivity index (χ4n) is 1.56. The number of carbonyl (C=O) groups is 1. The standard InChI is InChI=1S/C13H12ClNO2/c1-15(13(16)11-6-7-17-9-11)8-10-4-2-3-5-12(10)14/h2-7,9H,8H2,1H3. The molecule has 88 valence electrons. The number of hydrogen-bond donors (Lipinski definition) is 0. The summed E-state index contributed by atoms with van der Waals surface area (Å²) in [5.74, 6) is -0.0846. The quantitative estimate of drug-likeness (QED) is 0.837. The summed E-state index contributed by atoms with van der Waals surface area (Å²) < 4.78 is 4.89. The van der Waals surface area contributed by atoms with E-state index in [9.17, 15) is 4.79 Å². The van der Waals surface area contributed by atoms with Crippen LogP contribution >= 0.6 is 11.6 Å². The minimum absolute atomic E-state index is 0.0846. The Morgan fingerprint density at radius 1 is 1.35 bits per heavy atom. The van der Waals surface area contributed by atoms with Gasteiger partial charge in [0.05, 0.1) is 11.8 Å². The lowest BCUT2D eigenvalue weighted by Crippen LogP contribution is -2.25. The number of carbonyl (C=O) groups excluding carboxylic acids is 1. The predicted octanol–water partition coefficient (Wildman–Crippen LogP) is 3.21. The van der Waals surface area contributed by atoms with Gasteiger partial charge in [0, 0.05) is 18.6 Å². The maximum atomic E-state index is 11.9. The Morgan fingerprint density at radius 2 is 2.12 bits per heavy atom. The normalized spacial score (nSPS) is 10.2. The van der Waals surface area contributed by atoms with E-state index in [0.29, 0.717) is 17.1 Å². The van der Waals surface area contributed by atoms with E-state index in [1.807, 2.05) is 24.3 Å². The van der Waals surface area contributed by atoms with E-state index in [1.54, 1.807) is 18.0 Å². The summed E-state index contributed by atoms with van der Waals surface area (Å²) in [5, 5.41) is 0.666. The molecule has 0 aliphatic rings. The molecule has 2 rings (SSSR count). The van der Waals surface area contributed by atoms with E-state index in [4.69, 9.17) is 16.0 Å². The van der Waals surface area contributed by atoms with Crippen LogP contribution in [-0.2, 0) is 6.54 Å². The maximum absolute atomic E-state index is 11.9. The molecule has 0 N–H and O–H groups in total. The molecule has 0 aliphatic carbocycles. The zero-order valence-electron chi connectivity index (χ0n) is 9.39. The van der Waals surface area contributed by atoms with Crippen LogP contribution in [0.1, 0.15) is 15.9 Å². The number of halogens is 1. The van der Waals surface area contributed by atoms with Crippen LogP contribution in [0.2, 0.25) is 5.02 Å². The highest BCUT2D eigenvalue weighted by Crippen LogP contribution is 2.17. The predicted molar refractivity (Wildman–Crippen MR) is 66.0 cm³/mol. The molecule has 0 bridgehead atoms. The van der Waals surface area contributed by atoms with Crippen LogP contribution in [0.15, 0.2) is 47.3 Å². The minimum Gasteiger partial charge on any atom is -0.472 e. The lowest BCUT2D eigenvalue weighted by molar-refractivity contribution is 0.0784. The molecule has 0 fully saturated rings. The summed E-state index contributed by atoms with van der Waals surface area (Å²) in [4.78, 5) is 13.5. The van der Waals surface area contributed by atoms with Gasteiger partial charge in [-0.3, -0.25) is 4.79 Å². The summed E-state index contributed by atoms with van der Waals surface area (Å²) in [7, 11) is 1.73. The number of hydrogen-bond acceptors (Lipinski definition) is 2. The number of furan rings is 1. The molecule has 0 atom stereocenters. The van der Waals surface area contributed by atoms with Gasteiger partial charge in [0.15, 0.2) is 0 Å². The van der Waals surface area contributed by atoms with Crippen molar-refractivity contribution in [2.75, 3.05) is 7.05 Å². The maximum Gasteiger partial charge on any atom is 0.257 e. The van der Waals surface area contributed by atoms with E-state index in [2.05, 4.69) is 0 Å². The lowest BCUT2D eigenvalue weighted by atomic mass is 10.2. The monoisotopic (exact) mass is 249 g/mol. The van der Waals surface area contributed by atoms with Crippen molar-refractivity contribution < 1.29 is 9.21 Å². The molecule has 0 aliphatic heterocycles. The third-order valence-electron chi connectivity index (χ3n) is 2.48.